The summed E-state index contributed by atoms with van der Waals surface area (Å²) >= 11 is 7.65. The van der Waals surface area contributed by atoms with Gasteiger partial charge in [-0.2, -0.15) is 5.10 Å². The van der Waals surface area contributed by atoms with E-state index in [1.54, 1.807) is 35.1 Å². The van der Waals surface area contributed by atoms with Crippen molar-refractivity contribution >= 4 is 41.0 Å². The molecule has 216 valence electrons. The van der Waals surface area contributed by atoms with E-state index in [9.17, 15) is 14.0 Å². The van der Waals surface area contributed by atoms with Gasteiger partial charge in [0.2, 0.25) is 11.8 Å². The molecule has 3 heterocycles. The van der Waals surface area contributed by atoms with Crippen molar-refractivity contribution in [2.75, 3.05) is 17.2 Å². The number of benzene rings is 3. The number of amides is 2. The first-order chi connectivity index (χ1) is 20.9. The molecule has 3 aromatic carbocycles. The molecular weight excluding hydrogens is 585 g/mol. The second kappa shape index (κ2) is 12.4. The highest BCUT2D eigenvalue weighted by Gasteiger charge is 2.37. The third-order valence-electron chi connectivity index (χ3n) is 7.15. The molecule has 0 saturated carbocycles. The second-order valence-electron chi connectivity index (χ2n) is 10.2. The molecule has 43 heavy (non-hydrogen) atoms. The van der Waals surface area contributed by atoms with E-state index in [0.29, 0.717) is 22.2 Å². The highest BCUT2D eigenvalue weighted by atomic mass is 35.5. The van der Waals surface area contributed by atoms with E-state index in [0.717, 1.165) is 27.9 Å². The summed E-state index contributed by atoms with van der Waals surface area (Å²) in [4.78, 5) is 32.9. The van der Waals surface area contributed by atoms with Crippen LogP contribution in [0.5, 0.6) is 0 Å². The van der Waals surface area contributed by atoms with E-state index in [1.165, 1.54) is 28.8 Å². The Morgan fingerprint density at radius 2 is 1.77 bits per heavy atom. The van der Waals surface area contributed by atoms with Crippen LogP contribution in [0.15, 0.2) is 97.2 Å². The fourth-order valence-electron chi connectivity index (χ4n) is 5.00. The number of hydrogen-bond acceptors (Lipinski definition) is 5. The smallest absolute Gasteiger partial charge is 0.240 e. The van der Waals surface area contributed by atoms with Gasteiger partial charge in [0, 0.05) is 22.3 Å². The molecule has 2 aromatic heterocycles. The van der Waals surface area contributed by atoms with E-state index in [-0.39, 0.29) is 41.7 Å². The molecule has 2 amide bonds. The molecule has 0 aliphatic carbocycles. The zero-order valence-electron chi connectivity index (χ0n) is 23.2. The molecule has 0 unspecified atom stereocenters. The Hall–Kier alpha value is -4.47. The summed E-state index contributed by atoms with van der Waals surface area (Å²) in [5.74, 6) is -0.318. The molecule has 7 nitrogen and oxygen atoms in total. The van der Waals surface area contributed by atoms with Crippen LogP contribution in [0.25, 0.3) is 16.9 Å². The lowest BCUT2D eigenvalue weighted by Crippen LogP contribution is -2.42. The van der Waals surface area contributed by atoms with Crippen molar-refractivity contribution in [3.8, 4) is 16.9 Å². The number of pyridine rings is 1. The van der Waals surface area contributed by atoms with E-state index < -0.39 is 0 Å². The fourth-order valence-corrected chi connectivity index (χ4v) is 6.32. The maximum Gasteiger partial charge on any atom is 0.240 e. The lowest BCUT2D eigenvalue weighted by atomic mass is 9.99. The summed E-state index contributed by atoms with van der Waals surface area (Å²) in [6.07, 6.45) is 1.66. The average molecular weight is 612 g/mol. The number of aromatic nitrogens is 3. The van der Waals surface area contributed by atoms with Gasteiger partial charge in [-0.1, -0.05) is 59.6 Å². The number of carbonyl (C=O) groups excluding carboxylic acids is 2. The molecule has 1 N–H and O–H groups in total. The topological polar surface area (TPSA) is 80.1 Å². The molecule has 6 rings (SSSR count). The molecule has 0 spiro atoms. The van der Waals surface area contributed by atoms with Gasteiger partial charge in [0.05, 0.1) is 34.6 Å². The Labute approximate surface area is 257 Å². The summed E-state index contributed by atoms with van der Waals surface area (Å²) in [7, 11) is 0. The number of nitrogens with zero attached hydrogens (tertiary/aromatic N) is 4. The Morgan fingerprint density at radius 3 is 2.47 bits per heavy atom. The zero-order chi connectivity index (χ0) is 29.9. The van der Waals surface area contributed by atoms with Crippen LogP contribution in [0, 0.1) is 12.7 Å². The fraction of sp³-hybridized carbons (Fsp3) is 0.152. The number of aryl methyl sites for hydroxylation is 1. The molecule has 1 aliphatic heterocycles. The first-order valence-electron chi connectivity index (χ1n) is 13.7. The number of thioether (sulfide) groups is 1. The lowest BCUT2D eigenvalue weighted by Gasteiger charge is -2.23. The highest BCUT2D eigenvalue weighted by Crippen LogP contribution is 2.48. The molecule has 0 radical (unpaired) electrons. The first kappa shape index (κ1) is 28.6. The normalized spacial score (nSPS) is 14.7. The van der Waals surface area contributed by atoms with Gasteiger partial charge >= 0.3 is 0 Å². The van der Waals surface area contributed by atoms with Crippen LogP contribution in [0.2, 0.25) is 5.02 Å². The second-order valence-corrected chi connectivity index (χ2v) is 11.7. The van der Waals surface area contributed by atoms with Crippen molar-refractivity contribution in [2.24, 2.45) is 0 Å². The van der Waals surface area contributed by atoms with Crippen molar-refractivity contribution < 1.29 is 14.0 Å². The number of fused-ring (bicyclic) bond motifs is 1. The van der Waals surface area contributed by atoms with Crippen molar-refractivity contribution in [1.82, 2.24) is 20.1 Å². The van der Waals surface area contributed by atoms with Crippen LogP contribution in [0.3, 0.4) is 0 Å². The maximum atomic E-state index is 14.0. The summed E-state index contributed by atoms with van der Waals surface area (Å²) < 4.78 is 15.7. The van der Waals surface area contributed by atoms with E-state index in [4.69, 9.17) is 16.7 Å². The summed E-state index contributed by atoms with van der Waals surface area (Å²) in [6.45, 7) is 2.01. The van der Waals surface area contributed by atoms with Crippen LogP contribution >= 0.6 is 23.4 Å². The molecule has 10 heteroatoms. The van der Waals surface area contributed by atoms with Gasteiger partial charge in [-0.3, -0.25) is 19.5 Å². The maximum absolute atomic E-state index is 14.0. The van der Waals surface area contributed by atoms with Crippen LogP contribution in [-0.2, 0) is 16.1 Å². The predicted molar refractivity (Wildman–Crippen MR) is 168 cm³/mol. The minimum absolute atomic E-state index is 0.109. The van der Waals surface area contributed by atoms with Crippen molar-refractivity contribution in [1.29, 1.82) is 0 Å². The Bertz CT molecular complexity index is 1760. The van der Waals surface area contributed by atoms with Gasteiger partial charge in [-0.15, -0.1) is 11.8 Å². The molecule has 0 fully saturated rings. The van der Waals surface area contributed by atoms with Crippen molar-refractivity contribution in [3.63, 3.8) is 0 Å². The predicted octanol–water partition coefficient (Wildman–Crippen LogP) is 6.52. The number of rotatable bonds is 7. The number of anilines is 1. The number of carbonyl (C=O) groups is 2. The quantitative estimate of drug-likeness (QED) is 0.227. The number of halogens is 2. The number of hydrogen-bond donors (Lipinski definition) is 1. The van der Waals surface area contributed by atoms with Gasteiger partial charge in [0.15, 0.2) is 0 Å². The Morgan fingerprint density at radius 1 is 1.02 bits per heavy atom. The van der Waals surface area contributed by atoms with Crippen LogP contribution in [-0.4, -0.2) is 38.9 Å². The van der Waals surface area contributed by atoms with E-state index in [1.807, 2.05) is 61.5 Å². The monoisotopic (exact) mass is 611 g/mol. The van der Waals surface area contributed by atoms with Crippen molar-refractivity contribution in [3.05, 3.63) is 130 Å². The van der Waals surface area contributed by atoms with Gasteiger partial charge < -0.3 is 5.32 Å². The minimum atomic E-state index is -0.369. The van der Waals surface area contributed by atoms with Gasteiger partial charge in [-0.05, 0) is 61.0 Å². The number of nitrogens with one attached hydrogen (secondary N) is 1. The Balaban J connectivity index is 1.52. The Kier molecular flexibility index (Phi) is 8.26. The van der Waals surface area contributed by atoms with E-state index in [2.05, 4.69) is 10.3 Å². The van der Waals surface area contributed by atoms with Crippen LogP contribution in [0.1, 0.15) is 27.6 Å². The van der Waals surface area contributed by atoms with E-state index >= 15 is 0 Å². The minimum Gasteiger partial charge on any atom is -0.349 e. The molecular formula is C33H27ClFN5O2S. The van der Waals surface area contributed by atoms with Gasteiger partial charge in [0.25, 0.3) is 0 Å². The summed E-state index contributed by atoms with van der Waals surface area (Å²) in [6, 6.07) is 26.9. The molecule has 0 saturated heterocycles. The van der Waals surface area contributed by atoms with Crippen molar-refractivity contribution in [2.45, 2.75) is 18.7 Å². The third kappa shape index (κ3) is 6.18. The first-order valence-corrected chi connectivity index (χ1v) is 15.1. The molecule has 0 bridgehead atoms. The van der Waals surface area contributed by atoms with Crippen LogP contribution in [0.4, 0.5) is 10.2 Å². The summed E-state index contributed by atoms with van der Waals surface area (Å²) in [5, 5.41) is 8.17. The molecule has 1 aliphatic rings. The zero-order valence-corrected chi connectivity index (χ0v) is 24.8. The highest BCUT2D eigenvalue weighted by molar-refractivity contribution is 8.00. The van der Waals surface area contributed by atoms with Crippen LogP contribution < -0.4 is 10.2 Å². The standard InChI is InChI=1S/C33H27ClFN5O2S/c1-21-5-15-27(16-6-21)40-33-30(31(38-40)22-7-11-24(34)12-8-22)32(23-9-13-25(35)14-10-23)43-20-29(42)39(33)19-28(41)37-18-26-4-2-3-17-36-26/h2-17,32H,18-20H2,1H3,(H,37,41)/t32-/m1/s1. The van der Waals surface area contributed by atoms with Gasteiger partial charge in [-0.25, -0.2) is 9.07 Å². The SMILES string of the molecule is Cc1ccc(-n2nc(-c3ccc(Cl)cc3)c3c2N(CC(=O)NCc2ccccn2)C(=O)CS[C@@H]3c2ccc(F)cc2)cc1. The lowest BCUT2D eigenvalue weighted by molar-refractivity contribution is -0.123. The average Bonchev–Trinajstić information content (AvgIpc) is 3.34. The molecule has 1 atom stereocenters. The largest absolute Gasteiger partial charge is 0.349 e. The summed E-state index contributed by atoms with van der Waals surface area (Å²) in [5.41, 5.74) is 5.53. The third-order valence-corrected chi connectivity index (χ3v) is 8.66. The molecule has 5 aromatic rings. The van der Waals surface area contributed by atoms with Gasteiger partial charge in [0.1, 0.15) is 18.2 Å².